The number of aryl methyl sites for hydroxylation is 1. The molecule has 0 saturated heterocycles. The van der Waals surface area contributed by atoms with Crippen LogP contribution >= 0.6 is 0 Å². The van der Waals surface area contributed by atoms with Gasteiger partial charge in [0.05, 0.1) is 0 Å². The summed E-state index contributed by atoms with van der Waals surface area (Å²) in [7, 11) is 1.81. The second kappa shape index (κ2) is 4.02. The smallest absolute Gasteiger partial charge is 0.0282 e. The maximum Gasteiger partial charge on any atom is -0.0282 e. The van der Waals surface area contributed by atoms with Crippen LogP contribution in [-0.2, 0) is 6.42 Å². The number of hydrogen-bond acceptors (Lipinski definition) is 0. The molecule has 1 aromatic carbocycles. The number of rotatable bonds is 3. The first-order chi connectivity index (χ1) is 5.36. The molecule has 0 saturated carbocycles. The number of nitrogens with zero attached hydrogens (tertiary/aromatic N) is 1. The third-order valence-electron chi connectivity index (χ3n) is 1.73. The summed E-state index contributed by atoms with van der Waals surface area (Å²) in [6.45, 7) is 2.19. The van der Waals surface area contributed by atoms with E-state index in [4.69, 9.17) is 0 Å². The van der Waals surface area contributed by atoms with E-state index >= 15 is 0 Å². The van der Waals surface area contributed by atoms with Crippen LogP contribution in [0.4, 0.5) is 5.69 Å². The highest BCUT2D eigenvalue weighted by Crippen LogP contribution is 2.16. The van der Waals surface area contributed by atoms with Crippen molar-refractivity contribution in [1.29, 1.82) is 0 Å². The zero-order valence-electron chi connectivity index (χ0n) is 7.17. The summed E-state index contributed by atoms with van der Waals surface area (Å²) in [5, 5.41) is 4.07. The first-order valence-corrected chi connectivity index (χ1v) is 4.05. The average Bonchev–Trinajstić information content (AvgIpc) is 2.07. The minimum Gasteiger partial charge on any atom is -0.687 e. The van der Waals surface area contributed by atoms with Gasteiger partial charge in [-0.15, -0.1) is 12.7 Å². The largest absolute Gasteiger partial charge is 0.687 e. The molecule has 0 radical (unpaired) electrons. The van der Waals surface area contributed by atoms with Crippen LogP contribution in [0.15, 0.2) is 24.3 Å². The Hall–Kier alpha value is -0.980. The molecule has 0 amide bonds. The van der Waals surface area contributed by atoms with Crippen molar-refractivity contribution in [2.24, 2.45) is 0 Å². The van der Waals surface area contributed by atoms with Gasteiger partial charge in [-0.1, -0.05) is 37.6 Å². The summed E-state index contributed by atoms with van der Waals surface area (Å²) >= 11 is 0. The lowest BCUT2D eigenvalue weighted by molar-refractivity contribution is 0.922. The van der Waals surface area contributed by atoms with Crippen molar-refractivity contribution in [3.63, 3.8) is 0 Å². The average molecular weight is 148 g/mol. The van der Waals surface area contributed by atoms with E-state index in [0.29, 0.717) is 0 Å². The summed E-state index contributed by atoms with van der Waals surface area (Å²) in [6, 6.07) is 8.41. The third kappa shape index (κ3) is 2.26. The molecular formula is C10H14N-. The molecule has 0 atom stereocenters. The molecule has 0 fully saturated rings. The first kappa shape index (κ1) is 8.12. The van der Waals surface area contributed by atoms with Crippen molar-refractivity contribution in [3.8, 4) is 0 Å². The molecule has 0 unspecified atom stereocenters. The quantitative estimate of drug-likeness (QED) is 0.624. The minimum atomic E-state index is 1.06. The van der Waals surface area contributed by atoms with Crippen molar-refractivity contribution in [2.75, 3.05) is 7.05 Å². The normalized spacial score (nSPS) is 9.64. The van der Waals surface area contributed by atoms with Crippen LogP contribution in [0.25, 0.3) is 5.32 Å². The second-order valence-corrected chi connectivity index (χ2v) is 2.64. The van der Waals surface area contributed by atoms with Gasteiger partial charge in [0.25, 0.3) is 0 Å². The van der Waals surface area contributed by atoms with Gasteiger partial charge in [-0.3, -0.25) is 0 Å². The van der Waals surface area contributed by atoms with Crippen LogP contribution in [0.3, 0.4) is 0 Å². The lowest BCUT2D eigenvalue weighted by Gasteiger charge is -2.13. The third-order valence-corrected chi connectivity index (χ3v) is 1.73. The SMILES string of the molecule is CCCc1ccc([N-]C)cc1. The highest BCUT2D eigenvalue weighted by molar-refractivity contribution is 5.48. The Labute approximate surface area is 68.4 Å². The van der Waals surface area contributed by atoms with Crippen LogP contribution < -0.4 is 0 Å². The van der Waals surface area contributed by atoms with Crippen LogP contribution in [0, 0.1) is 0 Å². The predicted octanol–water partition coefficient (Wildman–Crippen LogP) is 3.27. The Morgan fingerprint density at radius 1 is 1.18 bits per heavy atom. The molecule has 0 aromatic heterocycles. The van der Waals surface area contributed by atoms with E-state index in [9.17, 15) is 0 Å². The molecule has 0 heterocycles. The van der Waals surface area contributed by atoms with Crippen molar-refractivity contribution in [2.45, 2.75) is 19.8 Å². The molecule has 0 N–H and O–H groups in total. The number of hydrogen-bond donors (Lipinski definition) is 0. The van der Waals surface area contributed by atoms with Gasteiger partial charge in [-0.25, -0.2) is 0 Å². The van der Waals surface area contributed by atoms with Gasteiger partial charge in [0.1, 0.15) is 0 Å². The van der Waals surface area contributed by atoms with Crippen LogP contribution in [0.5, 0.6) is 0 Å². The zero-order chi connectivity index (χ0) is 8.10. The van der Waals surface area contributed by atoms with Crippen LogP contribution in [0.1, 0.15) is 18.9 Å². The summed E-state index contributed by atoms with van der Waals surface area (Å²) < 4.78 is 0. The molecule has 0 spiro atoms. The van der Waals surface area contributed by atoms with Gasteiger partial charge in [0.2, 0.25) is 0 Å². The van der Waals surface area contributed by atoms with Crippen LogP contribution in [-0.4, -0.2) is 7.05 Å². The van der Waals surface area contributed by atoms with Gasteiger partial charge >= 0.3 is 0 Å². The maximum atomic E-state index is 4.07. The van der Waals surface area contributed by atoms with Crippen LogP contribution in [0.2, 0.25) is 0 Å². The Morgan fingerprint density at radius 3 is 2.27 bits per heavy atom. The van der Waals surface area contributed by atoms with E-state index in [0.717, 1.165) is 5.69 Å². The molecule has 1 aromatic rings. The summed E-state index contributed by atoms with van der Waals surface area (Å²) in [4.78, 5) is 0. The highest BCUT2D eigenvalue weighted by Gasteiger charge is 1.86. The molecule has 60 valence electrons. The van der Waals surface area contributed by atoms with Gasteiger partial charge in [-0.2, -0.15) is 0 Å². The van der Waals surface area contributed by atoms with Gasteiger partial charge < -0.3 is 5.32 Å². The van der Waals surface area contributed by atoms with E-state index in [1.165, 1.54) is 18.4 Å². The molecule has 1 nitrogen and oxygen atoms in total. The van der Waals surface area contributed by atoms with Crippen molar-refractivity contribution < 1.29 is 0 Å². The topological polar surface area (TPSA) is 14.1 Å². The van der Waals surface area contributed by atoms with Crippen molar-refractivity contribution in [3.05, 3.63) is 35.1 Å². The summed E-state index contributed by atoms with van der Waals surface area (Å²) in [5.74, 6) is 0. The summed E-state index contributed by atoms with van der Waals surface area (Å²) in [6.07, 6.45) is 2.38. The van der Waals surface area contributed by atoms with E-state index in [2.05, 4.69) is 36.5 Å². The van der Waals surface area contributed by atoms with E-state index in [1.807, 2.05) is 7.05 Å². The van der Waals surface area contributed by atoms with E-state index < -0.39 is 0 Å². The van der Waals surface area contributed by atoms with Crippen molar-refractivity contribution in [1.82, 2.24) is 0 Å². The fraction of sp³-hybridized carbons (Fsp3) is 0.400. The molecule has 1 rings (SSSR count). The first-order valence-electron chi connectivity index (χ1n) is 4.05. The second-order valence-electron chi connectivity index (χ2n) is 2.64. The molecule has 11 heavy (non-hydrogen) atoms. The Balaban J connectivity index is 2.66. The van der Waals surface area contributed by atoms with E-state index in [-0.39, 0.29) is 0 Å². The number of benzene rings is 1. The Bertz CT molecular complexity index is 201. The standard InChI is InChI=1S/C10H14N/c1-3-4-9-5-7-10(11-2)8-6-9/h5-8H,3-4H2,1-2H3/q-1. The van der Waals surface area contributed by atoms with Gasteiger partial charge in [-0.05, 0) is 12.0 Å². The Kier molecular flexibility index (Phi) is 2.96. The fourth-order valence-electron chi connectivity index (χ4n) is 1.10. The molecular weight excluding hydrogens is 134 g/mol. The van der Waals surface area contributed by atoms with Gasteiger partial charge in [0, 0.05) is 0 Å². The Morgan fingerprint density at radius 2 is 1.82 bits per heavy atom. The summed E-state index contributed by atoms with van der Waals surface area (Å²) in [5.41, 5.74) is 2.46. The van der Waals surface area contributed by atoms with E-state index in [1.54, 1.807) is 0 Å². The maximum absolute atomic E-state index is 4.07. The molecule has 0 aliphatic rings. The monoisotopic (exact) mass is 148 g/mol. The fourth-order valence-corrected chi connectivity index (χ4v) is 1.10. The molecule has 0 bridgehead atoms. The lowest BCUT2D eigenvalue weighted by atomic mass is 10.1. The molecule has 0 aliphatic heterocycles. The zero-order valence-corrected chi connectivity index (χ0v) is 7.17. The highest BCUT2D eigenvalue weighted by atomic mass is 14.8. The minimum absolute atomic E-state index is 1.06. The lowest BCUT2D eigenvalue weighted by Crippen LogP contribution is -1.80. The molecule has 1 heteroatoms. The van der Waals surface area contributed by atoms with Crippen molar-refractivity contribution >= 4 is 5.69 Å². The van der Waals surface area contributed by atoms with Gasteiger partial charge in [0.15, 0.2) is 0 Å². The predicted molar refractivity (Wildman–Crippen MR) is 49.4 cm³/mol. The molecule has 0 aliphatic carbocycles.